The van der Waals surface area contributed by atoms with Crippen LogP contribution in [0.1, 0.15) is 5.56 Å². The van der Waals surface area contributed by atoms with Crippen LogP contribution in [-0.2, 0) is 0 Å². The topological polar surface area (TPSA) is 9.86 Å². The van der Waals surface area contributed by atoms with Crippen molar-refractivity contribution >= 4 is 54.4 Å². The first kappa shape index (κ1) is 20.4. The average Bonchev–Trinajstić information content (AvgIpc) is 3.46. The summed E-state index contributed by atoms with van der Waals surface area (Å²) in [5, 5.41) is 7.63. The van der Waals surface area contributed by atoms with Crippen LogP contribution in [0.5, 0.6) is 0 Å². The Labute approximate surface area is 214 Å². The summed E-state index contributed by atoms with van der Waals surface area (Å²) in [6.45, 7) is 2.21. The molecule has 174 valence electrons. The lowest BCUT2D eigenvalue weighted by molar-refractivity contribution is 1.17. The van der Waals surface area contributed by atoms with Crippen molar-refractivity contribution in [2.45, 2.75) is 6.92 Å². The molecule has 0 bridgehead atoms. The summed E-state index contributed by atoms with van der Waals surface area (Å²) in [4.78, 5) is 0. The molecular formula is C35H24N2. The van der Waals surface area contributed by atoms with Crippen molar-refractivity contribution < 1.29 is 0 Å². The molecule has 0 saturated carbocycles. The molecule has 2 aromatic heterocycles. The molecule has 2 heterocycles. The standard InChI is InChI=1S/C35H24N2/c1-23-21-29-28(35(22-23)37-32-18-8-4-13-26(32)27-14-5-9-19-33(27)37)15-10-20-34(29)36-30-16-6-2-11-24(30)25-12-3-7-17-31(25)36/h2-22H,1H3. The van der Waals surface area contributed by atoms with Crippen molar-refractivity contribution in [1.29, 1.82) is 0 Å². The summed E-state index contributed by atoms with van der Waals surface area (Å²) in [6, 6.07) is 46.3. The van der Waals surface area contributed by atoms with E-state index in [2.05, 4.69) is 143 Å². The monoisotopic (exact) mass is 472 g/mol. The predicted octanol–water partition coefficient (Wildman–Crippen LogP) is 9.34. The number of rotatable bonds is 2. The van der Waals surface area contributed by atoms with Crippen molar-refractivity contribution in [2.24, 2.45) is 0 Å². The Bertz CT molecular complexity index is 2050. The molecule has 0 saturated heterocycles. The SMILES string of the molecule is Cc1cc(-n2c3ccccc3c3ccccc32)c2cccc(-n3c4ccccc4c4ccccc43)c2c1. The van der Waals surface area contributed by atoms with E-state index in [0.29, 0.717) is 0 Å². The lowest BCUT2D eigenvalue weighted by Gasteiger charge is -2.17. The van der Waals surface area contributed by atoms with Gasteiger partial charge in [-0.25, -0.2) is 0 Å². The van der Waals surface area contributed by atoms with E-state index in [0.717, 1.165) is 0 Å². The Balaban J connectivity index is 1.53. The van der Waals surface area contributed by atoms with Gasteiger partial charge in [0.15, 0.2) is 0 Å². The number of fused-ring (bicyclic) bond motifs is 7. The summed E-state index contributed by atoms with van der Waals surface area (Å²) in [5.74, 6) is 0. The number of hydrogen-bond acceptors (Lipinski definition) is 0. The number of nitrogens with zero attached hydrogens (tertiary/aromatic N) is 2. The molecule has 0 fully saturated rings. The van der Waals surface area contributed by atoms with E-state index in [9.17, 15) is 0 Å². The van der Waals surface area contributed by atoms with Crippen molar-refractivity contribution in [3.05, 3.63) is 133 Å². The number of aromatic nitrogens is 2. The van der Waals surface area contributed by atoms with Gasteiger partial charge in [0.1, 0.15) is 0 Å². The average molecular weight is 473 g/mol. The van der Waals surface area contributed by atoms with Crippen LogP contribution in [0.2, 0.25) is 0 Å². The van der Waals surface area contributed by atoms with Gasteiger partial charge >= 0.3 is 0 Å². The molecule has 2 heteroatoms. The zero-order valence-corrected chi connectivity index (χ0v) is 20.5. The highest BCUT2D eigenvalue weighted by atomic mass is 15.0. The van der Waals surface area contributed by atoms with Crippen LogP contribution in [0.3, 0.4) is 0 Å². The van der Waals surface area contributed by atoms with Crippen LogP contribution in [0.4, 0.5) is 0 Å². The van der Waals surface area contributed by atoms with Crippen molar-refractivity contribution in [1.82, 2.24) is 9.13 Å². The smallest absolute Gasteiger partial charge is 0.0543 e. The van der Waals surface area contributed by atoms with Crippen LogP contribution in [0.15, 0.2) is 127 Å². The first-order valence-corrected chi connectivity index (χ1v) is 12.8. The second-order valence-corrected chi connectivity index (χ2v) is 9.90. The normalized spacial score (nSPS) is 11.9. The fourth-order valence-electron chi connectivity index (χ4n) is 6.23. The Hall–Kier alpha value is -4.82. The summed E-state index contributed by atoms with van der Waals surface area (Å²) >= 11 is 0. The molecule has 37 heavy (non-hydrogen) atoms. The minimum atomic E-state index is 1.21. The number of para-hydroxylation sites is 4. The van der Waals surface area contributed by atoms with E-state index in [1.807, 2.05) is 0 Å². The van der Waals surface area contributed by atoms with Gasteiger partial charge in [-0.15, -0.1) is 0 Å². The molecule has 0 aliphatic carbocycles. The van der Waals surface area contributed by atoms with Crippen LogP contribution in [-0.4, -0.2) is 9.13 Å². The zero-order chi connectivity index (χ0) is 24.5. The number of hydrogen-bond donors (Lipinski definition) is 0. The Kier molecular flexibility index (Phi) is 4.18. The summed E-state index contributed by atoms with van der Waals surface area (Å²) in [7, 11) is 0. The molecule has 0 aliphatic rings. The first-order chi connectivity index (χ1) is 18.3. The van der Waals surface area contributed by atoms with Gasteiger partial charge in [0.25, 0.3) is 0 Å². The van der Waals surface area contributed by atoms with Gasteiger partial charge in [-0.05, 0) is 55.0 Å². The molecule has 8 rings (SSSR count). The fourth-order valence-corrected chi connectivity index (χ4v) is 6.23. The molecule has 0 aliphatic heterocycles. The molecule has 0 atom stereocenters. The van der Waals surface area contributed by atoms with Gasteiger partial charge in [-0.1, -0.05) is 84.9 Å². The van der Waals surface area contributed by atoms with Gasteiger partial charge < -0.3 is 9.13 Å². The first-order valence-electron chi connectivity index (χ1n) is 12.8. The van der Waals surface area contributed by atoms with Crippen LogP contribution in [0, 0.1) is 6.92 Å². The second kappa shape index (κ2) is 7.59. The molecule has 0 radical (unpaired) electrons. The van der Waals surface area contributed by atoms with Crippen molar-refractivity contribution in [2.75, 3.05) is 0 Å². The molecular weight excluding hydrogens is 448 g/mol. The van der Waals surface area contributed by atoms with Crippen LogP contribution >= 0.6 is 0 Å². The molecule has 8 aromatic rings. The highest BCUT2D eigenvalue weighted by molar-refractivity contribution is 6.13. The quantitative estimate of drug-likeness (QED) is 0.237. The van der Waals surface area contributed by atoms with Crippen molar-refractivity contribution in [3.8, 4) is 11.4 Å². The highest BCUT2D eigenvalue weighted by Gasteiger charge is 2.17. The van der Waals surface area contributed by atoms with Crippen LogP contribution < -0.4 is 0 Å². The predicted molar refractivity (Wildman–Crippen MR) is 157 cm³/mol. The van der Waals surface area contributed by atoms with E-state index in [1.54, 1.807) is 0 Å². The molecule has 2 nitrogen and oxygen atoms in total. The molecule has 0 unspecified atom stereocenters. The van der Waals surface area contributed by atoms with Gasteiger partial charge in [0, 0.05) is 32.3 Å². The van der Waals surface area contributed by atoms with Gasteiger partial charge in [-0.3, -0.25) is 0 Å². The summed E-state index contributed by atoms with van der Waals surface area (Å²) < 4.78 is 4.87. The molecule has 6 aromatic carbocycles. The van der Waals surface area contributed by atoms with Crippen LogP contribution in [0.25, 0.3) is 65.8 Å². The maximum absolute atomic E-state index is 2.44. The Morgan fingerprint density at radius 1 is 0.351 bits per heavy atom. The molecule has 0 spiro atoms. The number of aryl methyl sites for hydroxylation is 1. The van der Waals surface area contributed by atoms with E-state index >= 15 is 0 Å². The van der Waals surface area contributed by atoms with E-state index in [4.69, 9.17) is 0 Å². The highest BCUT2D eigenvalue weighted by Crippen LogP contribution is 2.39. The van der Waals surface area contributed by atoms with E-state index < -0.39 is 0 Å². The third-order valence-corrected chi connectivity index (χ3v) is 7.74. The lowest BCUT2D eigenvalue weighted by Crippen LogP contribution is -2.00. The lowest BCUT2D eigenvalue weighted by atomic mass is 10.0. The number of benzene rings is 6. The Morgan fingerprint density at radius 2 is 0.757 bits per heavy atom. The molecule has 0 amide bonds. The van der Waals surface area contributed by atoms with E-state index in [-0.39, 0.29) is 0 Å². The summed E-state index contributed by atoms with van der Waals surface area (Å²) in [5.41, 5.74) is 8.61. The zero-order valence-electron chi connectivity index (χ0n) is 20.5. The Morgan fingerprint density at radius 3 is 1.24 bits per heavy atom. The minimum absolute atomic E-state index is 1.21. The maximum Gasteiger partial charge on any atom is 0.0543 e. The second-order valence-electron chi connectivity index (χ2n) is 9.90. The maximum atomic E-state index is 2.44. The third kappa shape index (κ3) is 2.81. The van der Waals surface area contributed by atoms with Gasteiger partial charge in [-0.2, -0.15) is 0 Å². The fraction of sp³-hybridized carbons (Fsp3) is 0.0286. The summed E-state index contributed by atoms with van der Waals surface area (Å²) in [6.07, 6.45) is 0. The van der Waals surface area contributed by atoms with Gasteiger partial charge in [0.05, 0.1) is 33.4 Å². The van der Waals surface area contributed by atoms with E-state index in [1.165, 1.54) is 71.3 Å². The van der Waals surface area contributed by atoms with Gasteiger partial charge in [0.2, 0.25) is 0 Å². The van der Waals surface area contributed by atoms with Crippen molar-refractivity contribution in [3.63, 3.8) is 0 Å². The largest absolute Gasteiger partial charge is 0.309 e. The third-order valence-electron chi connectivity index (χ3n) is 7.74. The molecule has 0 N–H and O–H groups in total. The minimum Gasteiger partial charge on any atom is -0.309 e.